The molecule has 4 aliphatic carbocycles. The maximum absolute atomic E-state index is 13.2. The largest absolute Gasteiger partial charge is 0.481 e. The normalized spacial score (nSPS) is 33.6. The van der Waals surface area contributed by atoms with Gasteiger partial charge in [0.05, 0.1) is 35.7 Å². The first-order chi connectivity index (χ1) is 27.2. The number of carbonyl (C=O) groups is 2. The van der Waals surface area contributed by atoms with Gasteiger partial charge >= 0.3 is 11.9 Å². The summed E-state index contributed by atoms with van der Waals surface area (Å²) in [6, 6.07) is 15.7. The molecule has 2 aromatic carbocycles. The molecule has 4 fully saturated rings. The Labute approximate surface area is 338 Å². The van der Waals surface area contributed by atoms with Crippen LogP contribution in [0.4, 0.5) is 5.69 Å². The molecule has 4 aliphatic rings. The number of hydrogen-bond donors (Lipinski definition) is 5. The molecule has 1 heterocycles. The van der Waals surface area contributed by atoms with Crippen molar-refractivity contribution in [1.29, 1.82) is 0 Å². The van der Waals surface area contributed by atoms with E-state index in [1.165, 1.54) is 0 Å². The summed E-state index contributed by atoms with van der Waals surface area (Å²) < 4.78 is 5.61. The smallest absolute Gasteiger partial charge is 0.342 e. The predicted octanol–water partition coefficient (Wildman–Crippen LogP) is 8.30. The Bertz CT molecular complexity index is 2020. The number of para-hydroxylation sites is 1. The molecule has 5 N–H and O–H groups in total. The lowest BCUT2D eigenvalue weighted by molar-refractivity contribution is -0.211. The van der Waals surface area contributed by atoms with Gasteiger partial charge in [-0.2, -0.15) is 0 Å². The molecule has 7 rings (SSSR count). The fourth-order valence-corrected chi connectivity index (χ4v) is 12.0. The molecule has 57 heavy (non-hydrogen) atoms. The first kappa shape index (κ1) is 41.2. The number of pyridine rings is 1. The van der Waals surface area contributed by atoms with Crippen molar-refractivity contribution in [1.82, 2.24) is 4.98 Å². The van der Waals surface area contributed by atoms with Crippen LogP contribution in [-0.4, -0.2) is 61.8 Å². The first-order valence-electron chi connectivity index (χ1n) is 21.4. The van der Waals surface area contributed by atoms with Crippen molar-refractivity contribution in [2.45, 2.75) is 130 Å². The van der Waals surface area contributed by atoms with Gasteiger partial charge in [-0.05, 0) is 135 Å². The lowest BCUT2D eigenvalue weighted by Crippen LogP contribution is -2.63. The van der Waals surface area contributed by atoms with Crippen LogP contribution >= 0.6 is 0 Å². The molecular formula is C48H62N2O7. The van der Waals surface area contributed by atoms with Gasteiger partial charge in [0.15, 0.2) is 0 Å². The van der Waals surface area contributed by atoms with Gasteiger partial charge in [0.1, 0.15) is 11.2 Å². The molecule has 306 valence electrons. The number of fused-ring (bicyclic) bond motifs is 6. The number of rotatable bonds is 11. The SMILES string of the molecule is CCCCOC(=O)c1c(C)nc2ccccc2c1NCc1ccc(C#C[C@@]2(O)CC[C@@]3(C)C(C[C@@H](O)C4C3C[C@H](O)[C@@]3(C)C4CC[C@@H]3[C@H](C)CCC(=O)O)C2)cc1. The number of carbonyl (C=O) groups excluding carboxylic acids is 1. The van der Waals surface area contributed by atoms with Crippen LogP contribution in [0.25, 0.3) is 10.9 Å². The standard InChI is InChI=1S/C48H62N2O7/c1-6-7-24-57-45(55)42-30(3)50-38-11-9-8-10-34(38)44(42)49-28-32-15-13-31(14-16-32)20-21-48(56)23-22-46(4)33(27-48)25-39(51)43-36-18-17-35(29(2)12-19-41(53)54)47(36,5)40(52)26-37(43)46/h8-11,13-16,29,33,35-37,39-40,43,51-52,56H,6-7,12,17-19,22-28H2,1-5H3,(H,49,50)(H,53,54)/t29-,33?,35-,36?,37?,39-,40+,43?,46+,47-,48-/m1/s1. The second-order valence-corrected chi connectivity index (χ2v) is 18.5. The van der Waals surface area contributed by atoms with Crippen LogP contribution in [0.15, 0.2) is 48.5 Å². The number of nitrogens with zero attached hydrogens (tertiary/aromatic N) is 1. The molecule has 0 radical (unpaired) electrons. The lowest BCUT2D eigenvalue weighted by Gasteiger charge is -2.64. The van der Waals surface area contributed by atoms with Crippen LogP contribution in [0, 0.1) is 65.1 Å². The second kappa shape index (κ2) is 16.4. The number of aliphatic hydroxyl groups excluding tert-OH is 2. The molecule has 0 saturated heterocycles. The average Bonchev–Trinajstić information content (AvgIpc) is 3.55. The Morgan fingerprint density at radius 2 is 1.79 bits per heavy atom. The summed E-state index contributed by atoms with van der Waals surface area (Å²) in [4.78, 5) is 29.3. The van der Waals surface area contributed by atoms with Crippen LogP contribution in [0.1, 0.15) is 126 Å². The van der Waals surface area contributed by atoms with Gasteiger partial charge in [-0.3, -0.25) is 9.78 Å². The molecule has 0 aliphatic heterocycles. The minimum Gasteiger partial charge on any atom is -0.481 e. The number of anilines is 1. The third kappa shape index (κ3) is 7.82. The minimum absolute atomic E-state index is 0.0835. The molecule has 11 atom stereocenters. The van der Waals surface area contributed by atoms with Gasteiger partial charge in [0.2, 0.25) is 0 Å². The van der Waals surface area contributed by atoms with E-state index in [2.05, 4.69) is 49.8 Å². The van der Waals surface area contributed by atoms with Gasteiger partial charge < -0.3 is 30.5 Å². The van der Waals surface area contributed by atoms with Gasteiger partial charge in [-0.15, -0.1) is 0 Å². The summed E-state index contributed by atoms with van der Waals surface area (Å²) in [6.07, 6.45) is 6.46. The fourth-order valence-electron chi connectivity index (χ4n) is 12.0. The lowest BCUT2D eigenvalue weighted by atomic mass is 9.42. The van der Waals surface area contributed by atoms with Crippen LogP contribution in [-0.2, 0) is 16.1 Å². The highest BCUT2D eigenvalue weighted by Gasteiger charge is 2.66. The maximum atomic E-state index is 13.2. The number of ether oxygens (including phenoxy) is 1. The van der Waals surface area contributed by atoms with Crippen molar-refractivity contribution < 1.29 is 34.8 Å². The van der Waals surface area contributed by atoms with E-state index in [1.807, 2.05) is 55.5 Å². The number of benzene rings is 2. The number of aliphatic carboxylic acids is 1. The van der Waals surface area contributed by atoms with Gasteiger partial charge in [0, 0.05) is 23.9 Å². The molecule has 0 bridgehead atoms. The van der Waals surface area contributed by atoms with Crippen molar-refractivity contribution in [3.05, 3.63) is 70.9 Å². The Morgan fingerprint density at radius 3 is 2.53 bits per heavy atom. The van der Waals surface area contributed by atoms with Gasteiger partial charge in [0.25, 0.3) is 0 Å². The van der Waals surface area contributed by atoms with Crippen LogP contribution in [0.5, 0.6) is 0 Å². The third-order valence-electron chi connectivity index (χ3n) is 15.3. The number of aryl methyl sites for hydroxylation is 1. The number of aliphatic hydroxyl groups is 3. The monoisotopic (exact) mass is 778 g/mol. The fraction of sp³-hybridized carbons (Fsp3) is 0.604. The summed E-state index contributed by atoms with van der Waals surface area (Å²) in [7, 11) is 0. The zero-order chi connectivity index (χ0) is 40.7. The van der Waals surface area contributed by atoms with Crippen LogP contribution in [0.2, 0.25) is 0 Å². The predicted molar refractivity (Wildman–Crippen MR) is 221 cm³/mol. The third-order valence-corrected chi connectivity index (χ3v) is 15.3. The van der Waals surface area contributed by atoms with E-state index in [-0.39, 0.29) is 58.7 Å². The van der Waals surface area contributed by atoms with E-state index in [9.17, 15) is 30.0 Å². The topological polar surface area (TPSA) is 149 Å². The molecule has 4 saturated carbocycles. The van der Waals surface area contributed by atoms with Gasteiger partial charge in [-0.25, -0.2) is 4.79 Å². The van der Waals surface area contributed by atoms with Gasteiger partial charge in [-0.1, -0.05) is 76.3 Å². The van der Waals surface area contributed by atoms with E-state index in [1.54, 1.807) is 0 Å². The molecule has 0 amide bonds. The van der Waals surface area contributed by atoms with Crippen LogP contribution < -0.4 is 5.32 Å². The van der Waals surface area contributed by atoms with E-state index >= 15 is 0 Å². The van der Waals surface area contributed by atoms with Crippen molar-refractivity contribution in [3.8, 4) is 11.8 Å². The highest BCUT2D eigenvalue weighted by Crippen LogP contribution is 2.69. The Hall–Kier alpha value is -3.97. The number of aromatic nitrogens is 1. The Balaban J connectivity index is 1.02. The molecule has 9 nitrogen and oxygen atoms in total. The Morgan fingerprint density at radius 1 is 1.04 bits per heavy atom. The van der Waals surface area contributed by atoms with E-state index < -0.39 is 23.8 Å². The zero-order valence-corrected chi connectivity index (χ0v) is 34.4. The van der Waals surface area contributed by atoms with Crippen molar-refractivity contribution >= 4 is 28.5 Å². The van der Waals surface area contributed by atoms with Crippen molar-refractivity contribution in [2.75, 3.05) is 11.9 Å². The minimum atomic E-state index is -1.17. The number of nitrogens with one attached hydrogen (secondary N) is 1. The second-order valence-electron chi connectivity index (χ2n) is 18.5. The average molecular weight is 779 g/mol. The van der Waals surface area contributed by atoms with E-state index in [4.69, 9.17) is 4.74 Å². The van der Waals surface area contributed by atoms with Crippen LogP contribution in [0.3, 0.4) is 0 Å². The molecule has 0 spiro atoms. The summed E-state index contributed by atoms with van der Waals surface area (Å²) in [5, 5.41) is 49.4. The molecule has 4 unspecified atom stereocenters. The number of unbranched alkanes of at least 4 members (excludes halogenated alkanes) is 1. The summed E-state index contributed by atoms with van der Waals surface area (Å²) in [5.41, 5.74) is 2.78. The molecule has 1 aromatic heterocycles. The first-order valence-corrected chi connectivity index (χ1v) is 21.4. The van der Waals surface area contributed by atoms with Crippen molar-refractivity contribution in [2.24, 2.45) is 46.3 Å². The molecular weight excluding hydrogens is 717 g/mol. The summed E-state index contributed by atoms with van der Waals surface area (Å²) >= 11 is 0. The van der Waals surface area contributed by atoms with Crippen molar-refractivity contribution in [3.63, 3.8) is 0 Å². The summed E-state index contributed by atoms with van der Waals surface area (Å²) in [6.45, 7) is 11.4. The maximum Gasteiger partial charge on any atom is 0.342 e. The number of carboxylic acid groups (broad SMARTS) is 1. The number of carboxylic acids is 1. The summed E-state index contributed by atoms with van der Waals surface area (Å²) in [5.74, 6) is 6.30. The quantitative estimate of drug-likeness (QED) is 0.0737. The number of hydrogen-bond acceptors (Lipinski definition) is 8. The zero-order valence-electron chi connectivity index (χ0n) is 34.4. The highest BCUT2D eigenvalue weighted by molar-refractivity contribution is 6.06. The molecule has 9 heteroatoms. The van der Waals surface area contributed by atoms with E-state index in [0.717, 1.165) is 54.1 Å². The van der Waals surface area contributed by atoms with E-state index in [0.29, 0.717) is 62.2 Å². The highest BCUT2D eigenvalue weighted by atomic mass is 16.5. The number of esters is 1. The Kier molecular flexibility index (Phi) is 11.8. The molecule has 3 aromatic rings.